The van der Waals surface area contributed by atoms with E-state index in [1.807, 2.05) is 30.3 Å². The molecule has 0 aromatic heterocycles. The molecular formula is C14H19N3O3. The first kappa shape index (κ1) is 14.3. The number of nitrogens with two attached hydrogens (primary N) is 1. The van der Waals surface area contributed by atoms with E-state index in [2.05, 4.69) is 5.32 Å². The number of amides is 3. The van der Waals surface area contributed by atoms with Crippen LogP contribution in [-0.4, -0.2) is 47.2 Å². The highest BCUT2D eigenvalue weighted by molar-refractivity contribution is 5.81. The van der Waals surface area contributed by atoms with E-state index in [1.165, 1.54) is 4.90 Å². The average Bonchev–Trinajstić information content (AvgIpc) is 2.88. The van der Waals surface area contributed by atoms with Crippen molar-refractivity contribution in [2.24, 2.45) is 5.73 Å². The van der Waals surface area contributed by atoms with Gasteiger partial charge in [0.2, 0.25) is 5.91 Å². The molecule has 20 heavy (non-hydrogen) atoms. The molecule has 1 unspecified atom stereocenters. The number of hydrogen-bond donors (Lipinski definition) is 3. The van der Waals surface area contributed by atoms with Crippen molar-refractivity contribution in [3.05, 3.63) is 35.9 Å². The molecule has 1 aliphatic rings. The highest BCUT2D eigenvalue weighted by Gasteiger charge is 2.27. The lowest BCUT2D eigenvalue weighted by Gasteiger charge is -2.17. The summed E-state index contributed by atoms with van der Waals surface area (Å²) in [5.74, 6) is -0.412. The third-order valence-electron chi connectivity index (χ3n) is 3.42. The van der Waals surface area contributed by atoms with Crippen molar-refractivity contribution in [3.63, 3.8) is 0 Å². The molecule has 1 heterocycles. The Bertz CT molecular complexity index is 478. The second-order valence-electron chi connectivity index (χ2n) is 4.98. The Kier molecular flexibility index (Phi) is 4.57. The van der Waals surface area contributed by atoms with Crippen molar-refractivity contribution < 1.29 is 14.7 Å². The third kappa shape index (κ3) is 3.71. The number of primary amides is 1. The molecule has 0 aliphatic carbocycles. The van der Waals surface area contributed by atoms with E-state index in [0.717, 1.165) is 5.56 Å². The van der Waals surface area contributed by atoms with Crippen LogP contribution in [0.2, 0.25) is 0 Å². The van der Waals surface area contributed by atoms with Crippen molar-refractivity contribution in [3.8, 4) is 0 Å². The fraction of sp³-hybridized carbons (Fsp3) is 0.429. The summed E-state index contributed by atoms with van der Waals surface area (Å²) in [6.07, 6.45) is -0.147. The van der Waals surface area contributed by atoms with E-state index in [1.54, 1.807) is 0 Å². The number of carbonyl (C=O) groups excluding carboxylic acids is 2. The lowest BCUT2D eigenvalue weighted by molar-refractivity contribution is -0.129. The van der Waals surface area contributed by atoms with Crippen LogP contribution < -0.4 is 11.1 Å². The summed E-state index contributed by atoms with van der Waals surface area (Å²) in [6.45, 7) is 0.939. The topological polar surface area (TPSA) is 95.7 Å². The van der Waals surface area contributed by atoms with Gasteiger partial charge in [-0.05, 0) is 12.0 Å². The minimum Gasteiger partial charge on any atom is -0.383 e. The molecule has 1 aliphatic heterocycles. The number of benzene rings is 1. The number of urea groups is 1. The van der Waals surface area contributed by atoms with Gasteiger partial charge in [-0.3, -0.25) is 4.79 Å². The molecule has 1 aromatic rings. The van der Waals surface area contributed by atoms with Crippen molar-refractivity contribution >= 4 is 11.9 Å². The predicted octanol–water partition coefficient (Wildman–Crippen LogP) is -0.141. The van der Waals surface area contributed by atoms with E-state index in [4.69, 9.17) is 5.73 Å². The number of rotatable bonds is 4. The minimum atomic E-state index is -1.08. The van der Waals surface area contributed by atoms with E-state index >= 15 is 0 Å². The molecule has 0 spiro atoms. The van der Waals surface area contributed by atoms with E-state index in [9.17, 15) is 14.7 Å². The first-order valence-electron chi connectivity index (χ1n) is 6.63. The Balaban J connectivity index is 1.81. The van der Waals surface area contributed by atoms with Gasteiger partial charge in [-0.1, -0.05) is 30.3 Å². The third-order valence-corrected chi connectivity index (χ3v) is 3.42. The van der Waals surface area contributed by atoms with Crippen LogP contribution in [0.25, 0.3) is 0 Å². The summed E-state index contributed by atoms with van der Waals surface area (Å²) < 4.78 is 0. The monoisotopic (exact) mass is 277 g/mol. The quantitative estimate of drug-likeness (QED) is 0.714. The van der Waals surface area contributed by atoms with Gasteiger partial charge in [-0.25, -0.2) is 4.79 Å². The summed E-state index contributed by atoms with van der Waals surface area (Å²) in [4.78, 5) is 24.4. The molecule has 0 saturated carbocycles. The Morgan fingerprint density at radius 1 is 1.40 bits per heavy atom. The van der Waals surface area contributed by atoms with E-state index < -0.39 is 18.0 Å². The number of nitrogens with zero attached hydrogens (tertiary/aromatic N) is 1. The lowest BCUT2D eigenvalue weighted by atomic mass is 10.1. The van der Waals surface area contributed by atoms with Gasteiger partial charge in [0.1, 0.15) is 6.10 Å². The normalized spacial score (nSPS) is 19.6. The number of likely N-dealkylation sites (tertiary alicyclic amines) is 1. The van der Waals surface area contributed by atoms with Crippen LogP contribution in [0.4, 0.5) is 4.79 Å². The molecule has 2 atom stereocenters. The highest BCUT2D eigenvalue weighted by Crippen LogP contribution is 2.09. The summed E-state index contributed by atoms with van der Waals surface area (Å²) >= 11 is 0. The zero-order valence-electron chi connectivity index (χ0n) is 11.2. The molecule has 108 valence electrons. The predicted molar refractivity (Wildman–Crippen MR) is 73.9 cm³/mol. The van der Waals surface area contributed by atoms with Gasteiger partial charge in [0.15, 0.2) is 0 Å². The molecule has 1 saturated heterocycles. The summed E-state index contributed by atoms with van der Waals surface area (Å²) in [5.41, 5.74) is 6.08. The summed E-state index contributed by atoms with van der Waals surface area (Å²) in [5, 5.41) is 12.6. The van der Waals surface area contributed by atoms with Crippen molar-refractivity contribution in [2.75, 3.05) is 13.1 Å². The Hall–Kier alpha value is -2.08. The number of carbonyl (C=O) groups is 2. The molecule has 2 rings (SSSR count). The molecule has 0 bridgehead atoms. The Morgan fingerprint density at radius 2 is 2.10 bits per heavy atom. The second-order valence-corrected chi connectivity index (χ2v) is 4.98. The van der Waals surface area contributed by atoms with Crippen LogP contribution in [0.5, 0.6) is 0 Å². The summed E-state index contributed by atoms with van der Waals surface area (Å²) in [7, 11) is 0. The fourth-order valence-electron chi connectivity index (χ4n) is 2.31. The van der Waals surface area contributed by atoms with Crippen LogP contribution >= 0.6 is 0 Å². The number of aliphatic hydroxyl groups is 1. The minimum absolute atomic E-state index is 0.138. The maximum Gasteiger partial charge on any atom is 0.314 e. The van der Waals surface area contributed by atoms with Gasteiger partial charge in [-0.15, -0.1) is 0 Å². The van der Waals surface area contributed by atoms with Crippen molar-refractivity contribution in [1.29, 1.82) is 0 Å². The van der Waals surface area contributed by atoms with Crippen LogP contribution in [0.3, 0.4) is 0 Å². The zero-order valence-corrected chi connectivity index (χ0v) is 11.2. The molecule has 1 aromatic carbocycles. The van der Waals surface area contributed by atoms with E-state index in [-0.39, 0.29) is 12.5 Å². The molecule has 0 radical (unpaired) electrons. The molecule has 3 amide bonds. The molecule has 6 nitrogen and oxygen atoms in total. The van der Waals surface area contributed by atoms with Gasteiger partial charge in [-0.2, -0.15) is 0 Å². The second kappa shape index (κ2) is 6.38. The fourth-order valence-corrected chi connectivity index (χ4v) is 2.31. The molecule has 6 heteroatoms. The number of aliphatic hydroxyl groups excluding tert-OH is 1. The highest BCUT2D eigenvalue weighted by atomic mass is 16.3. The molecule has 1 fully saturated rings. The summed E-state index contributed by atoms with van der Waals surface area (Å²) in [6, 6.07) is 8.71. The van der Waals surface area contributed by atoms with Gasteiger partial charge in [0.25, 0.3) is 0 Å². The number of hydrogen-bond acceptors (Lipinski definition) is 3. The van der Waals surface area contributed by atoms with Crippen molar-refractivity contribution in [1.82, 2.24) is 10.2 Å². The SMILES string of the molecule is NC(=O)N1CCC(NC(=O)[C@@H](O)Cc2ccccc2)C1. The van der Waals surface area contributed by atoms with Gasteiger partial charge >= 0.3 is 6.03 Å². The molecular weight excluding hydrogens is 258 g/mol. The van der Waals surface area contributed by atoms with E-state index in [0.29, 0.717) is 19.5 Å². The standard InChI is InChI=1S/C14H19N3O3/c15-14(20)17-7-6-11(9-17)16-13(19)12(18)8-10-4-2-1-3-5-10/h1-5,11-12,18H,6-9H2,(H2,15,20)(H,16,19)/t11?,12-/m0/s1. The zero-order chi connectivity index (χ0) is 14.5. The van der Waals surface area contributed by atoms with Crippen LogP contribution in [0.1, 0.15) is 12.0 Å². The Labute approximate surface area is 117 Å². The average molecular weight is 277 g/mol. The molecule has 4 N–H and O–H groups in total. The Morgan fingerprint density at radius 3 is 2.70 bits per heavy atom. The van der Waals surface area contributed by atoms with Crippen LogP contribution in [-0.2, 0) is 11.2 Å². The van der Waals surface area contributed by atoms with Crippen LogP contribution in [0.15, 0.2) is 30.3 Å². The maximum atomic E-state index is 11.9. The number of nitrogens with one attached hydrogen (secondary N) is 1. The lowest BCUT2D eigenvalue weighted by Crippen LogP contribution is -2.44. The maximum absolute atomic E-state index is 11.9. The largest absolute Gasteiger partial charge is 0.383 e. The van der Waals surface area contributed by atoms with Gasteiger partial charge in [0.05, 0.1) is 0 Å². The smallest absolute Gasteiger partial charge is 0.314 e. The van der Waals surface area contributed by atoms with Crippen LogP contribution in [0, 0.1) is 0 Å². The first-order valence-corrected chi connectivity index (χ1v) is 6.63. The van der Waals surface area contributed by atoms with Gasteiger partial charge < -0.3 is 21.1 Å². The van der Waals surface area contributed by atoms with Gasteiger partial charge in [0, 0.05) is 25.6 Å². The first-order chi connectivity index (χ1) is 9.56. The van der Waals surface area contributed by atoms with Crippen molar-refractivity contribution in [2.45, 2.75) is 25.0 Å².